The topological polar surface area (TPSA) is 126 Å². The van der Waals surface area contributed by atoms with E-state index in [1.165, 1.54) is 16.9 Å². The summed E-state index contributed by atoms with van der Waals surface area (Å²) in [5.41, 5.74) is 6.30. The summed E-state index contributed by atoms with van der Waals surface area (Å²) < 4.78 is 1.28. The summed E-state index contributed by atoms with van der Waals surface area (Å²) in [6, 6.07) is 10.1. The molecule has 0 aliphatic heterocycles. The molecule has 0 aliphatic rings. The van der Waals surface area contributed by atoms with Gasteiger partial charge in [-0.25, -0.2) is 4.79 Å². The third kappa shape index (κ3) is 4.13. The SMILES string of the molecule is N/C(=N\OC(=O)CCn1ccc([N+](=O)[O-])n1)c1ccccc1. The van der Waals surface area contributed by atoms with Gasteiger partial charge in [-0.15, -0.1) is 0 Å². The number of nitrogens with two attached hydrogens (primary N) is 1. The Bertz CT molecular complexity index is 695. The highest BCUT2D eigenvalue weighted by Crippen LogP contribution is 2.06. The van der Waals surface area contributed by atoms with Gasteiger partial charge in [-0.3, -0.25) is 0 Å². The Morgan fingerprint density at radius 3 is 2.73 bits per heavy atom. The van der Waals surface area contributed by atoms with Crippen LogP contribution in [0.1, 0.15) is 12.0 Å². The summed E-state index contributed by atoms with van der Waals surface area (Å²) in [7, 11) is 0. The molecular weight excluding hydrogens is 290 g/mol. The van der Waals surface area contributed by atoms with E-state index in [0.717, 1.165) is 0 Å². The zero-order valence-electron chi connectivity index (χ0n) is 11.5. The van der Waals surface area contributed by atoms with E-state index in [4.69, 9.17) is 5.73 Å². The van der Waals surface area contributed by atoms with Crippen molar-refractivity contribution in [2.24, 2.45) is 10.9 Å². The van der Waals surface area contributed by atoms with Gasteiger partial charge in [0.15, 0.2) is 5.84 Å². The summed E-state index contributed by atoms with van der Waals surface area (Å²) in [4.78, 5) is 26.1. The van der Waals surface area contributed by atoms with Gasteiger partial charge in [-0.05, 0) is 4.92 Å². The zero-order valence-corrected chi connectivity index (χ0v) is 11.5. The van der Waals surface area contributed by atoms with Gasteiger partial charge in [-0.2, -0.15) is 4.68 Å². The quantitative estimate of drug-likeness (QED) is 0.279. The number of aryl methyl sites for hydroxylation is 1. The minimum absolute atomic E-state index is 0.0373. The Hall–Kier alpha value is -3.23. The van der Waals surface area contributed by atoms with Crippen LogP contribution in [0.4, 0.5) is 5.82 Å². The van der Waals surface area contributed by atoms with Gasteiger partial charge < -0.3 is 20.7 Å². The minimum Gasteiger partial charge on any atom is -0.380 e. The van der Waals surface area contributed by atoms with Crippen LogP contribution in [0.2, 0.25) is 0 Å². The first-order valence-corrected chi connectivity index (χ1v) is 6.33. The van der Waals surface area contributed by atoms with Gasteiger partial charge in [0.2, 0.25) is 0 Å². The molecule has 2 rings (SSSR count). The lowest BCUT2D eigenvalue weighted by atomic mass is 10.2. The third-order valence-corrected chi connectivity index (χ3v) is 2.67. The predicted octanol–water partition coefficient (Wildman–Crippen LogP) is 1.05. The molecule has 0 spiro atoms. The Kier molecular flexibility index (Phi) is 4.81. The number of benzene rings is 1. The Labute approximate surface area is 125 Å². The molecule has 0 radical (unpaired) electrons. The molecule has 0 aliphatic carbocycles. The Morgan fingerprint density at radius 2 is 2.09 bits per heavy atom. The number of rotatable bonds is 6. The van der Waals surface area contributed by atoms with Crippen LogP contribution in [0, 0.1) is 10.1 Å². The number of hydrogen-bond donors (Lipinski definition) is 1. The molecule has 1 heterocycles. The van der Waals surface area contributed by atoms with E-state index < -0.39 is 10.9 Å². The lowest BCUT2D eigenvalue weighted by molar-refractivity contribution is -0.389. The van der Waals surface area contributed by atoms with Crippen LogP contribution in [-0.2, 0) is 16.2 Å². The van der Waals surface area contributed by atoms with E-state index in [1.807, 2.05) is 6.07 Å². The lowest BCUT2D eigenvalue weighted by Crippen LogP contribution is -2.15. The van der Waals surface area contributed by atoms with Gasteiger partial charge in [-0.1, -0.05) is 35.5 Å². The maximum Gasteiger partial charge on any atom is 0.389 e. The van der Waals surface area contributed by atoms with Crippen LogP contribution in [0.3, 0.4) is 0 Å². The average Bonchev–Trinajstić information content (AvgIpc) is 3.00. The van der Waals surface area contributed by atoms with E-state index >= 15 is 0 Å². The lowest BCUT2D eigenvalue weighted by Gasteiger charge is -2.00. The molecule has 9 nitrogen and oxygen atoms in total. The average molecular weight is 303 g/mol. The van der Waals surface area contributed by atoms with Crippen LogP contribution in [-0.4, -0.2) is 26.5 Å². The molecule has 0 atom stereocenters. The van der Waals surface area contributed by atoms with E-state index in [2.05, 4.69) is 15.1 Å². The molecule has 22 heavy (non-hydrogen) atoms. The monoisotopic (exact) mass is 303 g/mol. The van der Waals surface area contributed by atoms with Gasteiger partial charge in [0, 0.05) is 5.56 Å². The molecule has 0 saturated heterocycles. The van der Waals surface area contributed by atoms with Crippen molar-refractivity contribution >= 4 is 17.6 Å². The first-order chi connectivity index (χ1) is 10.6. The Balaban J connectivity index is 1.84. The maximum absolute atomic E-state index is 11.5. The summed E-state index contributed by atoms with van der Waals surface area (Å²) >= 11 is 0. The van der Waals surface area contributed by atoms with Crippen molar-refractivity contribution < 1.29 is 14.6 Å². The van der Waals surface area contributed by atoms with Crippen molar-refractivity contribution in [2.75, 3.05) is 0 Å². The fourth-order valence-electron chi connectivity index (χ4n) is 1.59. The zero-order chi connectivity index (χ0) is 15.9. The molecule has 0 unspecified atom stereocenters. The molecule has 2 aromatic rings. The van der Waals surface area contributed by atoms with Crippen molar-refractivity contribution in [3.05, 3.63) is 58.3 Å². The highest BCUT2D eigenvalue weighted by molar-refractivity contribution is 5.97. The first kappa shape index (κ1) is 15.2. The van der Waals surface area contributed by atoms with Crippen LogP contribution < -0.4 is 5.73 Å². The standard InChI is InChI=1S/C13H13N5O4/c14-13(10-4-2-1-3-5-10)16-22-12(19)7-9-17-8-6-11(15-17)18(20)21/h1-6,8H,7,9H2,(H2,14,16). The second-order valence-electron chi connectivity index (χ2n) is 4.25. The molecule has 0 bridgehead atoms. The fourth-order valence-corrected chi connectivity index (χ4v) is 1.59. The predicted molar refractivity (Wildman–Crippen MR) is 76.8 cm³/mol. The molecule has 0 saturated carbocycles. The Morgan fingerprint density at radius 1 is 1.36 bits per heavy atom. The van der Waals surface area contributed by atoms with Crippen LogP contribution in [0.25, 0.3) is 0 Å². The number of oxime groups is 1. The molecule has 9 heteroatoms. The molecule has 0 fully saturated rings. The van der Waals surface area contributed by atoms with Gasteiger partial charge in [0.05, 0.1) is 30.3 Å². The fraction of sp³-hybridized carbons (Fsp3) is 0.154. The number of carbonyl (C=O) groups excluding carboxylic acids is 1. The van der Waals surface area contributed by atoms with Gasteiger partial charge in [0.25, 0.3) is 0 Å². The van der Waals surface area contributed by atoms with Gasteiger partial charge >= 0.3 is 11.8 Å². The molecule has 2 N–H and O–H groups in total. The number of hydrogen-bond acceptors (Lipinski definition) is 6. The van der Waals surface area contributed by atoms with Crippen LogP contribution in [0.5, 0.6) is 0 Å². The largest absolute Gasteiger partial charge is 0.389 e. The molecule has 1 aromatic carbocycles. The summed E-state index contributed by atoms with van der Waals surface area (Å²) in [6.45, 7) is 0.146. The van der Waals surface area contributed by atoms with Crippen molar-refractivity contribution in [3.63, 3.8) is 0 Å². The smallest absolute Gasteiger partial charge is 0.380 e. The molecule has 1 aromatic heterocycles. The van der Waals surface area contributed by atoms with E-state index in [1.54, 1.807) is 24.3 Å². The molecule has 0 amide bonds. The van der Waals surface area contributed by atoms with E-state index in [9.17, 15) is 14.9 Å². The van der Waals surface area contributed by atoms with Crippen LogP contribution in [0.15, 0.2) is 47.8 Å². The van der Waals surface area contributed by atoms with Crippen molar-refractivity contribution in [1.82, 2.24) is 9.78 Å². The third-order valence-electron chi connectivity index (χ3n) is 2.67. The number of nitro groups is 1. The summed E-state index contributed by atoms with van der Waals surface area (Å²) in [6.07, 6.45) is 1.37. The molecule has 114 valence electrons. The highest BCUT2D eigenvalue weighted by Gasteiger charge is 2.12. The van der Waals surface area contributed by atoms with Crippen molar-refractivity contribution in [1.29, 1.82) is 0 Å². The van der Waals surface area contributed by atoms with Crippen molar-refractivity contribution in [2.45, 2.75) is 13.0 Å². The minimum atomic E-state index is -0.614. The highest BCUT2D eigenvalue weighted by atomic mass is 16.7. The second kappa shape index (κ2) is 6.97. The van der Waals surface area contributed by atoms with Gasteiger partial charge in [0.1, 0.15) is 0 Å². The summed E-state index contributed by atoms with van der Waals surface area (Å²) in [5.74, 6) is -0.805. The molecular formula is C13H13N5O4. The number of amidine groups is 1. The second-order valence-corrected chi connectivity index (χ2v) is 4.25. The maximum atomic E-state index is 11.5. The number of carbonyl (C=O) groups is 1. The number of aromatic nitrogens is 2. The van der Waals surface area contributed by atoms with E-state index in [0.29, 0.717) is 5.56 Å². The summed E-state index contributed by atoms with van der Waals surface area (Å²) in [5, 5.41) is 17.7. The number of nitrogens with zero attached hydrogens (tertiary/aromatic N) is 4. The van der Waals surface area contributed by atoms with Crippen LogP contribution >= 0.6 is 0 Å². The normalized spacial score (nSPS) is 11.2. The first-order valence-electron chi connectivity index (χ1n) is 6.33. The van der Waals surface area contributed by atoms with Crippen molar-refractivity contribution in [3.8, 4) is 0 Å². The van der Waals surface area contributed by atoms with E-state index in [-0.39, 0.29) is 24.6 Å².